The summed E-state index contributed by atoms with van der Waals surface area (Å²) in [5, 5.41) is 0. The molecule has 2 N–H and O–H groups in total. The van der Waals surface area contributed by atoms with Crippen LogP contribution in [0.25, 0.3) is 0 Å². The van der Waals surface area contributed by atoms with E-state index >= 15 is 0 Å². The monoisotopic (exact) mass is 345 g/mol. The summed E-state index contributed by atoms with van der Waals surface area (Å²) in [5.74, 6) is 1.22. The van der Waals surface area contributed by atoms with Crippen LogP contribution in [0.1, 0.15) is 33.7 Å². The fraction of sp³-hybridized carbons (Fsp3) is 0.250. The van der Waals surface area contributed by atoms with Crippen LogP contribution in [0.3, 0.4) is 0 Å². The molecular formula is C24H27NO. The Bertz CT molecular complexity index is 842. The van der Waals surface area contributed by atoms with E-state index < -0.39 is 0 Å². The van der Waals surface area contributed by atoms with Gasteiger partial charge in [0, 0.05) is 5.92 Å². The zero-order chi connectivity index (χ0) is 18.4. The van der Waals surface area contributed by atoms with Crippen LogP contribution in [0.2, 0.25) is 0 Å². The number of rotatable bonds is 7. The van der Waals surface area contributed by atoms with Gasteiger partial charge in [0.05, 0.1) is 0 Å². The Labute approximate surface area is 156 Å². The maximum Gasteiger partial charge on any atom is 0.120 e. The fourth-order valence-electron chi connectivity index (χ4n) is 3.31. The fourth-order valence-corrected chi connectivity index (χ4v) is 3.31. The third kappa shape index (κ3) is 4.74. The molecule has 0 saturated carbocycles. The molecule has 0 aromatic heterocycles. The number of hydrogen-bond acceptors (Lipinski definition) is 2. The van der Waals surface area contributed by atoms with Gasteiger partial charge >= 0.3 is 0 Å². The summed E-state index contributed by atoms with van der Waals surface area (Å²) in [4.78, 5) is 0. The third-order valence-electron chi connectivity index (χ3n) is 4.79. The van der Waals surface area contributed by atoms with Gasteiger partial charge in [0.2, 0.25) is 0 Å². The van der Waals surface area contributed by atoms with E-state index in [1.54, 1.807) is 0 Å². The van der Waals surface area contributed by atoms with Crippen molar-refractivity contribution >= 4 is 0 Å². The molecule has 0 aliphatic heterocycles. The van der Waals surface area contributed by atoms with Crippen LogP contribution in [0.15, 0.2) is 72.8 Å². The molecule has 0 fully saturated rings. The van der Waals surface area contributed by atoms with Crippen LogP contribution in [0.5, 0.6) is 5.75 Å². The first-order valence-electron chi connectivity index (χ1n) is 9.18. The molecule has 0 bridgehead atoms. The Balaban J connectivity index is 1.71. The Morgan fingerprint density at radius 1 is 0.846 bits per heavy atom. The first kappa shape index (κ1) is 18.2. The van der Waals surface area contributed by atoms with Crippen LogP contribution in [0.4, 0.5) is 0 Å². The van der Waals surface area contributed by atoms with Crippen molar-refractivity contribution in [3.05, 3.63) is 101 Å². The molecule has 134 valence electrons. The largest absolute Gasteiger partial charge is 0.489 e. The molecule has 0 heterocycles. The second-order valence-electron chi connectivity index (χ2n) is 6.92. The Kier molecular flexibility index (Phi) is 6.08. The van der Waals surface area contributed by atoms with Crippen LogP contribution >= 0.6 is 0 Å². The van der Waals surface area contributed by atoms with Crippen molar-refractivity contribution < 1.29 is 4.74 Å². The summed E-state index contributed by atoms with van der Waals surface area (Å²) in [7, 11) is 0. The predicted molar refractivity (Wildman–Crippen MR) is 109 cm³/mol. The van der Waals surface area contributed by atoms with E-state index in [1.165, 1.54) is 27.8 Å². The van der Waals surface area contributed by atoms with Gasteiger partial charge in [0.15, 0.2) is 0 Å². The number of aryl methyl sites for hydroxylation is 2. The van der Waals surface area contributed by atoms with Crippen molar-refractivity contribution in [3.8, 4) is 5.75 Å². The molecule has 0 spiro atoms. The second kappa shape index (κ2) is 8.68. The molecule has 3 aromatic rings. The third-order valence-corrected chi connectivity index (χ3v) is 4.79. The molecule has 1 unspecified atom stereocenters. The molecule has 1 atom stereocenters. The minimum atomic E-state index is 0.319. The average Bonchev–Trinajstić information content (AvgIpc) is 2.68. The Morgan fingerprint density at radius 2 is 1.62 bits per heavy atom. The smallest absolute Gasteiger partial charge is 0.120 e. The number of hydrogen-bond donors (Lipinski definition) is 1. The van der Waals surface area contributed by atoms with Crippen molar-refractivity contribution in [2.75, 3.05) is 6.54 Å². The normalized spacial score (nSPS) is 12.0. The quantitative estimate of drug-likeness (QED) is 0.641. The van der Waals surface area contributed by atoms with E-state index in [-0.39, 0.29) is 0 Å². The van der Waals surface area contributed by atoms with Gasteiger partial charge in [-0.15, -0.1) is 0 Å². The van der Waals surface area contributed by atoms with E-state index in [9.17, 15) is 0 Å². The first-order valence-corrected chi connectivity index (χ1v) is 9.18. The maximum atomic E-state index is 6.11. The summed E-state index contributed by atoms with van der Waals surface area (Å²) < 4.78 is 5.97. The lowest BCUT2D eigenvalue weighted by molar-refractivity contribution is 0.306. The Morgan fingerprint density at radius 3 is 2.38 bits per heavy atom. The molecular weight excluding hydrogens is 318 g/mol. The van der Waals surface area contributed by atoms with Crippen LogP contribution < -0.4 is 10.5 Å². The molecule has 3 rings (SSSR count). The lowest BCUT2D eigenvalue weighted by Gasteiger charge is -2.19. The maximum absolute atomic E-state index is 6.11. The van der Waals surface area contributed by atoms with Crippen LogP contribution in [-0.4, -0.2) is 6.54 Å². The zero-order valence-corrected chi connectivity index (χ0v) is 15.6. The highest BCUT2D eigenvalue weighted by Gasteiger charge is 2.14. The van der Waals surface area contributed by atoms with Crippen molar-refractivity contribution in [2.45, 2.75) is 32.8 Å². The minimum absolute atomic E-state index is 0.319. The Hall–Kier alpha value is -2.58. The highest BCUT2D eigenvalue weighted by molar-refractivity contribution is 5.36. The van der Waals surface area contributed by atoms with E-state index in [4.69, 9.17) is 10.5 Å². The van der Waals surface area contributed by atoms with Gasteiger partial charge in [-0.1, -0.05) is 66.2 Å². The molecule has 0 amide bonds. The minimum Gasteiger partial charge on any atom is -0.489 e. The van der Waals surface area contributed by atoms with Crippen molar-refractivity contribution in [1.29, 1.82) is 0 Å². The van der Waals surface area contributed by atoms with E-state index in [2.05, 4.69) is 62.4 Å². The number of benzene rings is 3. The highest BCUT2D eigenvalue weighted by Crippen LogP contribution is 2.26. The van der Waals surface area contributed by atoms with Gasteiger partial charge in [-0.2, -0.15) is 0 Å². The SMILES string of the molecule is Cc1ccc(C)c(C(CN)Cc2cccc(OCc3ccccc3)c2)c1. The lowest BCUT2D eigenvalue weighted by atomic mass is 9.88. The van der Waals surface area contributed by atoms with Crippen molar-refractivity contribution in [2.24, 2.45) is 5.73 Å². The summed E-state index contributed by atoms with van der Waals surface area (Å²) in [6.07, 6.45) is 0.920. The lowest BCUT2D eigenvalue weighted by Crippen LogP contribution is -2.16. The molecule has 3 aromatic carbocycles. The first-order chi connectivity index (χ1) is 12.7. The van der Waals surface area contributed by atoms with Crippen molar-refractivity contribution in [1.82, 2.24) is 0 Å². The molecule has 2 nitrogen and oxygen atoms in total. The highest BCUT2D eigenvalue weighted by atomic mass is 16.5. The molecule has 0 aliphatic rings. The van der Waals surface area contributed by atoms with Gasteiger partial charge in [0.1, 0.15) is 12.4 Å². The van der Waals surface area contributed by atoms with E-state index in [1.807, 2.05) is 24.3 Å². The van der Waals surface area contributed by atoms with E-state index in [0.29, 0.717) is 19.1 Å². The average molecular weight is 345 g/mol. The summed E-state index contributed by atoms with van der Waals surface area (Å²) in [5.41, 5.74) is 12.5. The predicted octanol–water partition coefficient (Wildman–Crippen LogP) is 5.17. The summed E-state index contributed by atoms with van der Waals surface area (Å²) in [6.45, 7) is 5.52. The summed E-state index contributed by atoms with van der Waals surface area (Å²) in [6, 6.07) is 25.2. The van der Waals surface area contributed by atoms with Crippen molar-refractivity contribution in [3.63, 3.8) is 0 Å². The van der Waals surface area contributed by atoms with Crippen LogP contribution in [0, 0.1) is 13.8 Å². The second-order valence-corrected chi connectivity index (χ2v) is 6.92. The molecule has 0 aliphatic carbocycles. The number of ether oxygens (including phenoxy) is 1. The van der Waals surface area contributed by atoms with Gasteiger partial charge < -0.3 is 10.5 Å². The van der Waals surface area contributed by atoms with E-state index in [0.717, 1.165) is 12.2 Å². The molecule has 2 heteroatoms. The van der Waals surface area contributed by atoms with Gasteiger partial charge in [-0.05, 0) is 61.2 Å². The molecule has 26 heavy (non-hydrogen) atoms. The van der Waals surface area contributed by atoms with Gasteiger partial charge in [0.25, 0.3) is 0 Å². The molecule has 0 radical (unpaired) electrons. The van der Waals surface area contributed by atoms with Crippen LogP contribution in [-0.2, 0) is 13.0 Å². The topological polar surface area (TPSA) is 35.2 Å². The number of nitrogens with two attached hydrogens (primary N) is 1. The standard InChI is InChI=1S/C24H27NO/c1-18-11-12-19(2)24(13-18)22(16-25)14-21-9-6-10-23(15-21)26-17-20-7-4-3-5-8-20/h3-13,15,22H,14,16-17,25H2,1-2H3. The van der Waals surface area contributed by atoms with Gasteiger partial charge in [-0.25, -0.2) is 0 Å². The zero-order valence-electron chi connectivity index (χ0n) is 15.6. The summed E-state index contributed by atoms with van der Waals surface area (Å²) >= 11 is 0. The van der Waals surface area contributed by atoms with Gasteiger partial charge in [-0.3, -0.25) is 0 Å². The molecule has 0 saturated heterocycles.